The van der Waals surface area contributed by atoms with E-state index in [1.807, 2.05) is 0 Å². The molecule has 0 saturated carbocycles. The lowest BCUT2D eigenvalue weighted by atomic mass is 10.0. The maximum absolute atomic E-state index is 11.0. The number of anilines is 1. The molecule has 1 aliphatic rings. The van der Waals surface area contributed by atoms with Crippen molar-refractivity contribution < 1.29 is 19.6 Å². The molecule has 20 heavy (non-hydrogen) atoms. The van der Waals surface area contributed by atoms with E-state index in [-0.39, 0.29) is 16.9 Å². The molecule has 1 saturated heterocycles. The van der Waals surface area contributed by atoms with Crippen LogP contribution in [0.5, 0.6) is 0 Å². The van der Waals surface area contributed by atoms with Crippen molar-refractivity contribution in [1.29, 1.82) is 0 Å². The molecule has 0 aliphatic carbocycles. The van der Waals surface area contributed by atoms with Crippen LogP contribution in [-0.2, 0) is 4.74 Å². The van der Waals surface area contributed by atoms with E-state index >= 15 is 0 Å². The van der Waals surface area contributed by atoms with Gasteiger partial charge in [-0.05, 0) is 30.9 Å². The molecule has 0 aromatic heterocycles. The second-order valence-electron chi connectivity index (χ2n) is 4.73. The van der Waals surface area contributed by atoms with Gasteiger partial charge in [-0.1, -0.05) is 0 Å². The predicted molar refractivity (Wildman–Crippen MR) is 72.1 cm³/mol. The first kappa shape index (κ1) is 14.3. The van der Waals surface area contributed by atoms with Crippen LogP contribution in [-0.4, -0.2) is 35.8 Å². The largest absolute Gasteiger partial charge is 0.478 e. The summed E-state index contributed by atoms with van der Waals surface area (Å²) in [5, 5.41) is 22.9. The first-order valence-corrected chi connectivity index (χ1v) is 6.41. The van der Waals surface area contributed by atoms with Crippen LogP contribution >= 0.6 is 0 Å². The summed E-state index contributed by atoms with van der Waals surface area (Å²) in [5.41, 5.74) is 0.175. The third kappa shape index (κ3) is 3.45. The molecule has 0 amide bonds. The summed E-state index contributed by atoms with van der Waals surface area (Å²) in [4.78, 5) is 21.4. The molecule has 2 N–H and O–H groups in total. The maximum Gasteiger partial charge on any atom is 0.335 e. The zero-order chi connectivity index (χ0) is 14.5. The number of rotatable bonds is 5. The molecule has 1 heterocycles. The first-order chi connectivity index (χ1) is 9.58. The number of ether oxygens (including phenoxy) is 1. The lowest BCUT2D eigenvalue weighted by Crippen LogP contribution is -2.23. The minimum atomic E-state index is -1.10. The fourth-order valence-electron chi connectivity index (χ4n) is 2.17. The van der Waals surface area contributed by atoms with Gasteiger partial charge in [-0.3, -0.25) is 10.1 Å². The Hall–Kier alpha value is -2.15. The Morgan fingerprint density at radius 1 is 1.45 bits per heavy atom. The number of hydrogen-bond acceptors (Lipinski definition) is 5. The van der Waals surface area contributed by atoms with Gasteiger partial charge in [0.2, 0.25) is 0 Å². The van der Waals surface area contributed by atoms with Crippen molar-refractivity contribution in [2.75, 3.05) is 25.1 Å². The summed E-state index contributed by atoms with van der Waals surface area (Å²) in [5.74, 6) is -0.717. The number of nitrogens with one attached hydrogen (secondary N) is 1. The van der Waals surface area contributed by atoms with Gasteiger partial charge in [-0.25, -0.2) is 4.79 Å². The normalized spacial score (nSPS) is 15.8. The molecule has 7 heteroatoms. The fourth-order valence-corrected chi connectivity index (χ4v) is 2.17. The molecule has 2 rings (SSSR count). The Labute approximate surface area is 115 Å². The van der Waals surface area contributed by atoms with Gasteiger partial charge in [0.1, 0.15) is 5.69 Å². The van der Waals surface area contributed by atoms with Crippen molar-refractivity contribution in [2.24, 2.45) is 5.92 Å². The summed E-state index contributed by atoms with van der Waals surface area (Å²) in [6.45, 7) is 1.97. The Morgan fingerprint density at radius 3 is 2.75 bits per heavy atom. The van der Waals surface area contributed by atoms with Crippen molar-refractivity contribution in [1.82, 2.24) is 0 Å². The number of benzene rings is 1. The van der Waals surface area contributed by atoms with Crippen LogP contribution in [0.2, 0.25) is 0 Å². The molecule has 1 aliphatic heterocycles. The van der Waals surface area contributed by atoms with Crippen molar-refractivity contribution in [3.8, 4) is 0 Å². The van der Waals surface area contributed by atoms with Gasteiger partial charge in [-0.2, -0.15) is 0 Å². The highest BCUT2D eigenvalue weighted by Crippen LogP contribution is 2.26. The lowest BCUT2D eigenvalue weighted by molar-refractivity contribution is -0.384. The lowest BCUT2D eigenvalue weighted by Gasteiger charge is -2.22. The number of hydrogen-bond donors (Lipinski definition) is 2. The molecular formula is C13H16N2O5. The first-order valence-electron chi connectivity index (χ1n) is 6.41. The number of carboxylic acid groups (broad SMARTS) is 1. The molecule has 0 bridgehead atoms. The predicted octanol–water partition coefficient (Wildman–Crippen LogP) is 2.13. The Bertz CT molecular complexity index is 511. The van der Waals surface area contributed by atoms with Crippen LogP contribution in [0.25, 0.3) is 0 Å². The third-order valence-electron chi connectivity index (χ3n) is 3.36. The average Bonchev–Trinajstić information content (AvgIpc) is 2.45. The van der Waals surface area contributed by atoms with Gasteiger partial charge in [0.15, 0.2) is 0 Å². The Kier molecular flexibility index (Phi) is 4.52. The van der Waals surface area contributed by atoms with Crippen molar-refractivity contribution >= 4 is 17.3 Å². The van der Waals surface area contributed by atoms with E-state index in [9.17, 15) is 14.9 Å². The number of carbonyl (C=O) groups is 1. The molecule has 7 nitrogen and oxygen atoms in total. The van der Waals surface area contributed by atoms with E-state index in [2.05, 4.69) is 5.32 Å². The molecule has 1 aromatic carbocycles. The molecule has 0 atom stereocenters. The van der Waals surface area contributed by atoms with Crippen molar-refractivity contribution in [3.05, 3.63) is 33.9 Å². The quantitative estimate of drug-likeness (QED) is 0.632. The van der Waals surface area contributed by atoms with Crippen LogP contribution in [0.3, 0.4) is 0 Å². The Balaban J connectivity index is 2.12. The third-order valence-corrected chi connectivity index (χ3v) is 3.36. The van der Waals surface area contributed by atoms with E-state index in [0.717, 1.165) is 12.8 Å². The number of nitro groups is 1. The molecule has 0 unspecified atom stereocenters. The molecule has 1 fully saturated rings. The Morgan fingerprint density at radius 2 is 2.15 bits per heavy atom. The van der Waals surface area contributed by atoms with Crippen molar-refractivity contribution in [2.45, 2.75) is 12.8 Å². The highest BCUT2D eigenvalue weighted by Gasteiger charge is 2.19. The second-order valence-corrected chi connectivity index (χ2v) is 4.73. The van der Waals surface area contributed by atoms with Gasteiger partial charge in [0.05, 0.1) is 10.5 Å². The summed E-state index contributed by atoms with van der Waals surface area (Å²) < 4.78 is 5.25. The number of carboxylic acids is 1. The fraction of sp³-hybridized carbons (Fsp3) is 0.462. The van der Waals surface area contributed by atoms with Gasteiger partial charge in [-0.15, -0.1) is 0 Å². The molecular weight excluding hydrogens is 264 g/mol. The molecule has 1 aromatic rings. The number of aromatic carboxylic acids is 1. The van der Waals surface area contributed by atoms with Crippen molar-refractivity contribution in [3.63, 3.8) is 0 Å². The summed E-state index contributed by atoms with van der Waals surface area (Å²) in [6, 6.07) is 3.76. The molecule has 0 spiro atoms. The van der Waals surface area contributed by atoms with E-state index in [4.69, 9.17) is 9.84 Å². The minimum Gasteiger partial charge on any atom is -0.478 e. The monoisotopic (exact) mass is 280 g/mol. The molecule has 108 valence electrons. The minimum absolute atomic E-state index is 0.0325. The van der Waals surface area contributed by atoms with Gasteiger partial charge >= 0.3 is 5.97 Å². The smallest absolute Gasteiger partial charge is 0.335 e. The highest BCUT2D eigenvalue weighted by atomic mass is 16.6. The summed E-state index contributed by atoms with van der Waals surface area (Å²) in [7, 11) is 0. The van der Waals surface area contributed by atoms with Gasteiger partial charge < -0.3 is 15.2 Å². The second kappa shape index (κ2) is 6.33. The maximum atomic E-state index is 11.0. The average molecular weight is 280 g/mol. The molecule has 0 radical (unpaired) electrons. The summed E-state index contributed by atoms with van der Waals surface area (Å²) >= 11 is 0. The van der Waals surface area contributed by atoms with Crippen LogP contribution in [0.15, 0.2) is 18.2 Å². The number of nitro benzene ring substituents is 1. The SMILES string of the molecule is O=C(O)c1ccc([N+](=O)[O-])c(NCC2CCOCC2)c1. The van der Waals surface area contributed by atoms with Gasteiger partial charge in [0.25, 0.3) is 5.69 Å². The van der Waals surface area contributed by atoms with Crippen LogP contribution in [0, 0.1) is 16.0 Å². The zero-order valence-corrected chi connectivity index (χ0v) is 10.9. The standard InChI is InChI=1S/C13H16N2O5/c16-13(17)10-1-2-12(15(18)19)11(7-10)14-8-9-3-5-20-6-4-9/h1-2,7,9,14H,3-6,8H2,(H,16,17). The highest BCUT2D eigenvalue weighted by molar-refractivity contribution is 5.90. The van der Waals surface area contributed by atoms with Crippen LogP contribution in [0.1, 0.15) is 23.2 Å². The van der Waals surface area contributed by atoms with E-state index in [1.54, 1.807) is 0 Å². The van der Waals surface area contributed by atoms with E-state index < -0.39 is 10.9 Å². The van der Waals surface area contributed by atoms with E-state index in [1.165, 1.54) is 18.2 Å². The summed E-state index contributed by atoms with van der Waals surface area (Å²) in [6.07, 6.45) is 1.80. The number of nitrogens with zero attached hydrogens (tertiary/aromatic N) is 1. The topological polar surface area (TPSA) is 102 Å². The van der Waals surface area contributed by atoms with Crippen LogP contribution < -0.4 is 5.32 Å². The van der Waals surface area contributed by atoms with Crippen LogP contribution in [0.4, 0.5) is 11.4 Å². The zero-order valence-electron chi connectivity index (χ0n) is 10.9. The van der Waals surface area contributed by atoms with E-state index in [0.29, 0.717) is 25.7 Å². The van der Waals surface area contributed by atoms with Gasteiger partial charge in [0, 0.05) is 25.8 Å².